The Hall–Kier alpha value is -3.13. The van der Waals surface area contributed by atoms with Crippen LogP contribution < -0.4 is 16.1 Å². The van der Waals surface area contributed by atoms with Crippen molar-refractivity contribution in [1.29, 1.82) is 0 Å². The van der Waals surface area contributed by atoms with Crippen molar-refractivity contribution in [2.75, 3.05) is 4.72 Å². The van der Waals surface area contributed by atoms with Crippen molar-refractivity contribution in [1.82, 2.24) is 0 Å². The average molecular weight is 358 g/mol. The zero-order chi connectivity index (χ0) is 18.2. The van der Waals surface area contributed by atoms with Gasteiger partial charge in [-0.05, 0) is 48.9 Å². The number of anilines is 1. The Bertz CT molecular complexity index is 1150. The van der Waals surface area contributed by atoms with Crippen LogP contribution >= 0.6 is 0 Å². The van der Waals surface area contributed by atoms with Crippen LogP contribution in [0.25, 0.3) is 11.0 Å². The topological polar surface area (TPSA) is 119 Å². The van der Waals surface area contributed by atoms with Gasteiger partial charge in [0.1, 0.15) is 5.58 Å². The van der Waals surface area contributed by atoms with Gasteiger partial charge in [0, 0.05) is 17.0 Å². The second kappa shape index (κ2) is 6.06. The Balaban J connectivity index is 2.03. The van der Waals surface area contributed by atoms with E-state index in [9.17, 15) is 18.0 Å². The van der Waals surface area contributed by atoms with Gasteiger partial charge in [0.2, 0.25) is 5.91 Å². The van der Waals surface area contributed by atoms with Crippen molar-refractivity contribution in [2.45, 2.75) is 11.8 Å². The number of hydrogen-bond donors (Lipinski definition) is 2. The summed E-state index contributed by atoms with van der Waals surface area (Å²) in [6.45, 7) is 1.60. The number of hydrogen-bond acceptors (Lipinski definition) is 5. The largest absolute Gasteiger partial charge is 0.423 e. The maximum Gasteiger partial charge on any atom is 0.336 e. The van der Waals surface area contributed by atoms with Crippen LogP contribution in [-0.4, -0.2) is 14.3 Å². The van der Waals surface area contributed by atoms with Gasteiger partial charge in [-0.25, -0.2) is 13.2 Å². The lowest BCUT2D eigenvalue weighted by atomic mass is 10.1. The first-order chi connectivity index (χ1) is 11.8. The number of sulfonamides is 1. The van der Waals surface area contributed by atoms with Crippen molar-refractivity contribution >= 4 is 32.6 Å². The summed E-state index contributed by atoms with van der Waals surface area (Å²) < 4.78 is 32.7. The van der Waals surface area contributed by atoms with Crippen LogP contribution in [0.4, 0.5) is 5.69 Å². The summed E-state index contributed by atoms with van der Waals surface area (Å²) in [4.78, 5) is 22.6. The number of nitrogens with two attached hydrogens (primary N) is 1. The number of carbonyl (C=O) groups is 1. The molecule has 0 saturated carbocycles. The van der Waals surface area contributed by atoms with Gasteiger partial charge in [-0.2, -0.15) is 0 Å². The van der Waals surface area contributed by atoms with Crippen LogP contribution in [0, 0.1) is 6.92 Å². The normalized spacial score (nSPS) is 11.4. The summed E-state index contributed by atoms with van der Waals surface area (Å²) in [7, 11) is -3.90. The molecular formula is C17H14N2O5S. The lowest BCUT2D eigenvalue weighted by molar-refractivity contribution is 0.0999. The maximum atomic E-state index is 12.6. The van der Waals surface area contributed by atoms with Crippen molar-refractivity contribution in [3.8, 4) is 0 Å². The predicted molar refractivity (Wildman–Crippen MR) is 93.0 cm³/mol. The highest BCUT2D eigenvalue weighted by molar-refractivity contribution is 7.92. The monoisotopic (exact) mass is 358 g/mol. The van der Waals surface area contributed by atoms with Gasteiger partial charge in [0.05, 0.1) is 10.6 Å². The van der Waals surface area contributed by atoms with Gasteiger partial charge < -0.3 is 10.2 Å². The molecule has 0 aliphatic carbocycles. The van der Waals surface area contributed by atoms with Crippen LogP contribution in [0.1, 0.15) is 15.9 Å². The summed E-state index contributed by atoms with van der Waals surface area (Å²) in [5.41, 5.74) is 5.99. The Morgan fingerprint density at radius 2 is 1.88 bits per heavy atom. The van der Waals surface area contributed by atoms with Crippen LogP contribution in [0.2, 0.25) is 0 Å². The molecule has 0 bridgehead atoms. The average Bonchev–Trinajstić information content (AvgIpc) is 2.55. The van der Waals surface area contributed by atoms with E-state index in [-0.39, 0.29) is 16.1 Å². The van der Waals surface area contributed by atoms with E-state index in [4.69, 9.17) is 10.2 Å². The summed E-state index contributed by atoms with van der Waals surface area (Å²) in [5, 5.41) is 0.477. The number of primary amides is 1. The molecular weight excluding hydrogens is 344 g/mol. The Labute approximate surface area is 143 Å². The molecule has 0 aliphatic heterocycles. The highest BCUT2D eigenvalue weighted by Gasteiger charge is 2.18. The van der Waals surface area contributed by atoms with E-state index in [0.717, 1.165) is 0 Å². The molecule has 0 saturated heterocycles. The fourth-order valence-corrected chi connectivity index (χ4v) is 3.59. The molecule has 3 N–H and O–H groups in total. The standard InChI is InChI=1S/C17H14N2O5S/c1-10-13(17(18)21)3-2-4-14(10)19-25(22,23)12-6-7-15-11(9-12)5-8-16(20)24-15/h2-9,19H,1H3,(H2,18,21). The SMILES string of the molecule is Cc1c(NS(=O)(=O)c2ccc3oc(=O)ccc3c2)cccc1C(N)=O. The van der Waals surface area contributed by atoms with Crippen molar-refractivity contribution in [3.05, 3.63) is 70.1 Å². The summed E-state index contributed by atoms with van der Waals surface area (Å²) in [6, 6.07) is 11.4. The Morgan fingerprint density at radius 3 is 2.60 bits per heavy atom. The molecule has 0 unspecified atom stereocenters. The number of fused-ring (bicyclic) bond motifs is 1. The van der Waals surface area contributed by atoms with Crippen molar-refractivity contribution in [2.24, 2.45) is 5.73 Å². The Morgan fingerprint density at radius 1 is 1.12 bits per heavy atom. The lowest BCUT2D eigenvalue weighted by Crippen LogP contribution is -2.17. The number of nitrogens with one attached hydrogen (secondary N) is 1. The van der Waals surface area contributed by atoms with Crippen molar-refractivity contribution in [3.63, 3.8) is 0 Å². The molecule has 1 aromatic heterocycles. The first-order valence-electron chi connectivity index (χ1n) is 7.24. The number of amides is 1. The highest BCUT2D eigenvalue weighted by Crippen LogP contribution is 2.24. The first-order valence-corrected chi connectivity index (χ1v) is 8.72. The predicted octanol–water partition coefficient (Wildman–Crippen LogP) is 2.00. The molecule has 7 nitrogen and oxygen atoms in total. The number of rotatable bonds is 4. The van der Waals surface area contributed by atoms with Gasteiger partial charge >= 0.3 is 5.63 Å². The van der Waals surface area contributed by atoms with Crippen LogP contribution in [-0.2, 0) is 10.0 Å². The van der Waals surface area contributed by atoms with Gasteiger partial charge in [-0.1, -0.05) is 6.07 Å². The van der Waals surface area contributed by atoms with E-state index in [1.807, 2.05) is 0 Å². The molecule has 3 aromatic rings. The maximum absolute atomic E-state index is 12.6. The van der Waals surface area contributed by atoms with E-state index >= 15 is 0 Å². The molecule has 0 radical (unpaired) electrons. The molecule has 3 rings (SSSR count). The van der Waals surface area contributed by atoms with Crippen LogP contribution in [0.15, 0.2) is 62.6 Å². The van der Waals surface area contributed by atoms with E-state index in [1.165, 1.54) is 36.4 Å². The number of carbonyl (C=O) groups excluding carboxylic acids is 1. The second-order valence-electron chi connectivity index (χ2n) is 5.40. The second-order valence-corrected chi connectivity index (χ2v) is 7.08. The van der Waals surface area contributed by atoms with Gasteiger partial charge in [-0.15, -0.1) is 0 Å². The molecule has 128 valence electrons. The van der Waals surface area contributed by atoms with E-state index < -0.39 is 21.6 Å². The molecule has 0 fully saturated rings. The fraction of sp³-hybridized carbons (Fsp3) is 0.0588. The van der Waals surface area contributed by atoms with Crippen molar-refractivity contribution < 1.29 is 17.6 Å². The molecule has 0 aliphatic rings. The molecule has 8 heteroatoms. The zero-order valence-electron chi connectivity index (χ0n) is 13.1. The van der Waals surface area contributed by atoms with E-state index in [2.05, 4.69) is 4.72 Å². The minimum Gasteiger partial charge on any atom is -0.423 e. The molecule has 25 heavy (non-hydrogen) atoms. The lowest BCUT2D eigenvalue weighted by Gasteiger charge is -2.12. The smallest absolute Gasteiger partial charge is 0.336 e. The minimum absolute atomic E-state index is 0.00210. The molecule has 0 atom stereocenters. The number of benzene rings is 2. The quantitative estimate of drug-likeness (QED) is 0.691. The fourth-order valence-electron chi connectivity index (χ4n) is 2.43. The molecule has 1 heterocycles. The highest BCUT2D eigenvalue weighted by atomic mass is 32.2. The third-order valence-electron chi connectivity index (χ3n) is 3.74. The zero-order valence-corrected chi connectivity index (χ0v) is 14.0. The summed E-state index contributed by atoms with van der Waals surface area (Å²) in [5.74, 6) is -0.640. The van der Waals surface area contributed by atoms with Gasteiger partial charge in [0.25, 0.3) is 10.0 Å². The minimum atomic E-state index is -3.90. The Kier molecular flexibility index (Phi) is 4.05. The molecule has 0 spiro atoms. The van der Waals surface area contributed by atoms with E-state index in [0.29, 0.717) is 16.5 Å². The molecule has 2 aromatic carbocycles. The van der Waals surface area contributed by atoms with E-state index in [1.54, 1.807) is 19.1 Å². The third-order valence-corrected chi connectivity index (χ3v) is 5.11. The van der Waals surface area contributed by atoms with Gasteiger partial charge in [-0.3, -0.25) is 9.52 Å². The summed E-state index contributed by atoms with van der Waals surface area (Å²) >= 11 is 0. The molecule has 1 amide bonds. The van der Waals surface area contributed by atoms with Crippen LogP contribution in [0.5, 0.6) is 0 Å². The van der Waals surface area contributed by atoms with Crippen LogP contribution in [0.3, 0.4) is 0 Å². The summed E-state index contributed by atoms with van der Waals surface area (Å²) in [6.07, 6.45) is 0. The van der Waals surface area contributed by atoms with Gasteiger partial charge in [0.15, 0.2) is 0 Å². The first kappa shape index (κ1) is 16.7. The third kappa shape index (κ3) is 3.24.